The molecule has 0 unspecified atom stereocenters. The average molecular weight is 225 g/mol. The van der Waals surface area contributed by atoms with E-state index in [4.69, 9.17) is 17.3 Å². The van der Waals surface area contributed by atoms with Crippen molar-refractivity contribution in [2.45, 2.75) is 0 Å². The highest BCUT2D eigenvalue weighted by molar-refractivity contribution is 7.73. The number of aromatic amines is 1. The first kappa shape index (κ1) is 9.17. The van der Waals surface area contributed by atoms with Crippen molar-refractivity contribution in [3.05, 3.63) is 28.2 Å². The molecule has 4 nitrogen and oxygen atoms in total. The molecule has 0 bridgehead atoms. The topological polar surface area (TPSA) is 60.9 Å². The van der Waals surface area contributed by atoms with Gasteiger partial charge < -0.3 is 10.4 Å². The summed E-state index contributed by atoms with van der Waals surface area (Å²) in [4.78, 5) is 0. The number of hydrogen-bond donors (Lipinski definition) is 3. The highest BCUT2D eigenvalue weighted by Crippen LogP contribution is 2.20. The second kappa shape index (κ2) is 3.77. The van der Waals surface area contributed by atoms with Crippen LogP contribution in [0, 0.1) is 3.95 Å². The zero-order valence-corrected chi connectivity index (χ0v) is 8.65. The molecule has 0 aliphatic carbocycles. The molecule has 0 saturated carbocycles. The Morgan fingerprint density at radius 2 is 2.07 bits per heavy atom. The van der Waals surface area contributed by atoms with Gasteiger partial charge in [-0.05, 0) is 36.5 Å². The summed E-state index contributed by atoms with van der Waals surface area (Å²) >= 11 is 6.25. The van der Waals surface area contributed by atoms with Gasteiger partial charge in [0.05, 0.1) is 0 Å². The van der Waals surface area contributed by atoms with Crippen LogP contribution < -0.4 is 5.32 Å². The van der Waals surface area contributed by atoms with Gasteiger partial charge in [-0.25, -0.2) is 0 Å². The van der Waals surface area contributed by atoms with E-state index in [1.165, 1.54) is 11.3 Å². The smallest absolute Gasteiger partial charge is 0.208 e. The van der Waals surface area contributed by atoms with Gasteiger partial charge in [0, 0.05) is 5.69 Å². The van der Waals surface area contributed by atoms with E-state index in [0.29, 0.717) is 9.09 Å². The number of aromatic nitrogens is 2. The molecule has 1 aromatic heterocycles. The number of phenolic OH excluding ortho intramolecular Hbond substituents is 1. The summed E-state index contributed by atoms with van der Waals surface area (Å²) in [7, 11) is 0. The van der Waals surface area contributed by atoms with Crippen molar-refractivity contribution >= 4 is 34.4 Å². The fourth-order valence-corrected chi connectivity index (χ4v) is 1.76. The molecule has 0 aliphatic rings. The molecule has 0 spiro atoms. The maximum atomic E-state index is 9.06. The number of hydrogen-bond acceptors (Lipinski definition) is 5. The Morgan fingerprint density at radius 3 is 2.64 bits per heavy atom. The first-order valence-electron chi connectivity index (χ1n) is 3.85. The molecule has 0 aliphatic heterocycles. The van der Waals surface area contributed by atoms with Gasteiger partial charge in [0.25, 0.3) is 0 Å². The van der Waals surface area contributed by atoms with Gasteiger partial charge in [0.1, 0.15) is 5.75 Å². The number of aromatic hydroxyl groups is 1. The molecule has 3 N–H and O–H groups in total. The van der Waals surface area contributed by atoms with Crippen LogP contribution in [-0.4, -0.2) is 15.3 Å². The molecule has 1 aromatic carbocycles. The second-order valence-electron chi connectivity index (χ2n) is 2.59. The summed E-state index contributed by atoms with van der Waals surface area (Å²) in [5, 5.41) is 19.4. The van der Waals surface area contributed by atoms with Crippen LogP contribution in [0.1, 0.15) is 0 Å². The third-order valence-electron chi connectivity index (χ3n) is 1.56. The second-order valence-corrected chi connectivity index (χ2v) is 4.26. The van der Waals surface area contributed by atoms with Crippen molar-refractivity contribution in [1.82, 2.24) is 10.2 Å². The van der Waals surface area contributed by atoms with Crippen LogP contribution in [0.3, 0.4) is 0 Å². The Morgan fingerprint density at radius 1 is 1.36 bits per heavy atom. The van der Waals surface area contributed by atoms with Crippen LogP contribution in [0.4, 0.5) is 10.8 Å². The number of phenols is 1. The molecule has 0 saturated heterocycles. The first-order valence-corrected chi connectivity index (χ1v) is 5.08. The Bertz CT molecular complexity index is 474. The molecule has 1 heterocycles. The Kier molecular flexibility index (Phi) is 2.47. The summed E-state index contributed by atoms with van der Waals surface area (Å²) in [6.45, 7) is 0. The predicted octanol–water partition coefficient (Wildman–Crippen LogP) is 2.65. The van der Waals surface area contributed by atoms with E-state index in [0.717, 1.165) is 5.69 Å². The van der Waals surface area contributed by atoms with Crippen molar-refractivity contribution in [2.24, 2.45) is 0 Å². The lowest BCUT2D eigenvalue weighted by Crippen LogP contribution is -1.88. The van der Waals surface area contributed by atoms with E-state index in [1.54, 1.807) is 24.3 Å². The molecular weight excluding hydrogens is 218 g/mol. The molecule has 0 atom stereocenters. The van der Waals surface area contributed by atoms with Crippen LogP contribution in [0.5, 0.6) is 5.75 Å². The van der Waals surface area contributed by atoms with Gasteiger partial charge in [-0.2, -0.15) is 0 Å². The first-order chi connectivity index (χ1) is 6.74. The minimum Gasteiger partial charge on any atom is -0.508 e. The van der Waals surface area contributed by atoms with E-state index < -0.39 is 0 Å². The predicted molar refractivity (Wildman–Crippen MR) is 58.7 cm³/mol. The maximum absolute atomic E-state index is 9.06. The van der Waals surface area contributed by atoms with Crippen LogP contribution in [-0.2, 0) is 0 Å². The zero-order chi connectivity index (χ0) is 9.97. The van der Waals surface area contributed by atoms with Gasteiger partial charge in [-0.15, -0.1) is 5.10 Å². The number of H-pyrrole nitrogens is 1. The summed E-state index contributed by atoms with van der Waals surface area (Å²) in [5.74, 6) is 0.241. The monoisotopic (exact) mass is 225 g/mol. The lowest BCUT2D eigenvalue weighted by Gasteiger charge is -2.00. The number of rotatable bonds is 2. The van der Waals surface area contributed by atoms with Crippen molar-refractivity contribution in [3.8, 4) is 5.75 Å². The molecule has 0 radical (unpaired) electrons. The number of benzene rings is 1. The van der Waals surface area contributed by atoms with E-state index in [1.807, 2.05) is 0 Å². The van der Waals surface area contributed by atoms with E-state index in [-0.39, 0.29) is 5.75 Å². The minimum atomic E-state index is 0.241. The van der Waals surface area contributed by atoms with Crippen molar-refractivity contribution < 1.29 is 5.11 Å². The largest absolute Gasteiger partial charge is 0.508 e. The molecule has 6 heteroatoms. The molecule has 0 fully saturated rings. The highest BCUT2D eigenvalue weighted by Gasteiger charge is 1.97. The molecule has 14 heavy (non-hydrogen) atoms. The Labute approximate surface area is 89.2 Å². The fraction of sp³-hybridized carbons (Fsp3) is 0. The summed E-state index contributed by atoms with van der Waals surface area (Å²) in [5.41, 5.74) is 0.862. The van der Waals surface area contributed by atoms with Crippen LogP contribution >= 0.6 is 23.6 Å². The Hall–Kier alpha value is -1.40. The van der Waals surface area contributed by atoms with Gasteiger partial charge in [0.2, 0.25) is 5.13 Å². The number of anilines is 2. The van der Waals surface area contributed by atoms with Gasteiger partial charge in [-0.1, -0.05) is 11.3 Å². The van der Waals surface area contributed by atoms with E-state index in [9.17, 15) is 0 Å². The fourth-order valence-electron chi connectivity index (χ4n) is 0.952. The third kappa shape index (κ3) is 2.09. The van der Waals surface area contributed by atoms with Crippen LogP contribution in [0.15, 0.2) is 24.3 Å². The lowest BCUT2D eigenvalue weighted by molar-refractivity contribution is 0.475. The SMILES string of the molecule is Oc1ccc(Nc2n[nH]c(=S)s2)cc1. The van der Waals surface area contributed by atoms with Crippen LogP contribution in [0.25, 0.3) is 0 Å². The molecule has 0 amide bonds. The number of nitrogens with zero attached hydrogens (tertiary/aromatic N) is 1. The van der Waals surface area contributed by atoms with Gasteiger partial charge in [0.15, 0.2) is 3.95 Å². The normalized spacial score (nSPS) is 10.0. The zero-order valence-electron chi connectivity index (χ0n) is 7.02. The summed E-state index contributed by atoms with van der Waals surface area (Å²) < 4.78 is 0.631. The van der Waals surface area contributed by atoms with Crippen LogP contribution in [0.2, 0.25) is 0 Å². The van der Waals surface area contributed by atoms with Crippen molar-refractivity contribution in [1.29, 1.82) is 0 Å². The third-order valence-corrected chi connectivity index (χ3v) is 2.56. The molecule has 2 rings (SSSR count). The van der Waals surface area contributed by atoms with E-state index >= 15 is 0 Å². The van der Waals surface area contributed by atoms with E-state index in [2.05, 4.69) is 15.5 Å². The van der Waals surface area contributed by atoms with Crippen molar-refractivity contribution in [3.63, 3.8) is 0 Å². The molecular formula is C8H7N3OS2. The molecule has 2 aromatic rings. The quantitative estimate of drug-likeness (QED) is 0.543. The highest BCUT2D eigenvalue weighted by atomic mass is 32.1. The van der Waals surface area contributed by atoms with Gasteiger partial charge >= 0.3 is 0 Å². The maximum Gasteiger partial charge on any atom is 0.208 e. The average Bonchev–Trinajstić information content (AvgIpc) is 2.56. The lowest BCUT2D eigenvalue weighted by atomic mass is 10.3. The number of nitrogens with one attached hydrogen (secondary N) is 2. The summed E-state index contributed by atoms with van der Waals surface area (Å²) in [6.07, 6.45) is 0. The standard InChI is InChI=1S/C8H7N3OS2/c12-6-3-1-5(2-4-6)9-7-10-11-8(13)14-7/h1-4,12H,(H,9,10)(H,11,13). The molecule has 72 valence electrons. The summed E-state index contributed by atoms with van der Waals surface area (Å²) in [6, 6.07) is 6.74. The van der Waals surface area contributed by atoms with Gasteiger partial charge in [-0.3, -0.25) is 5.10 Å². The Balaban J connectivity index is 2.19. The van der Waals surface area contributed by atoms with Crippen molar-refractivity contribution in [2.75, 3.05) is 5.32 Å². The minimum absolute atomic E-state index is 0.241.